The smallest absolute Gasteiger partial charge is 0.240 e. The second kappa shape index (κ2) is 10.4. The van der Waals surface area contributed by atoms with Crippen molar-refractivity contribution in [3.8, 4) is 0 Å². The maximum Gasteiger partial charge on any atom is 0.240 e. The Balaban J connectivity index is 1.57. The molecule has 3 heterocycles. The molecule has 1 fully saturated rings. The fraction of sp³-hybridized carbons (Fsp3) is 0.375. The molecule has 0 aromatic heterocycles. The lowest BCUT2D eigenvalue weighted by atomic mass is 10.1. The highest BCUT2D eigenvalue weighted by Crippen LogP contribution is 2.27. The van der Waals surface area contributed by atoms with Gasteiger partial charge in [0.15, 0.2) is 0 Å². The van der Waals surface area contributed by atoms with E-state index in [1.54, 1.807) is 5.01 Å². The molecule has 9 nitrogen and oxygen atoms in total. The van der Waals surface area contributed by atoms with E-state index in [1.807, 2.05) is 80.9 Å². The average molecular weight is 450 g/mol. The largest absolute Gasteiger partial charge is 0.444 e. The summed E-state index contributed by atoms with van der Waals surface area (Å²) in [4.78, 5) is 13.6. The number of aliphatic imine (C=N–C) groups is 2. The van der Waals surface area contributed by atoms with E-state index in [-0.39, 0.29) is 0 Å². The van der Waals surface area contributed by atoms with Gasteiger partial charge in [-0.3, -0.25) is 5.01 Å². The van der Waals surface area contributed by atoms with Crippen LogP contribution in [0.1, 0.15) is 12.5 Å². The zero-order chi connectivity index (χ0) is 23.2. The lowest BCUT2D eigenvalue weighted by Crippen LogP contribution is -2.39. The number of ether oxygens (including phenoxy) is 2. The Labute approximate surface area is 194 Å². The minimum absolute atomic E-state index is 0.512. The SMILES string of the molecule is C/C=C\C(=C/N=CN1CCOCC1)C1=NC(C2OC(c3ccccc3)=NN2C)=C(N)N(C)C1. The lowest BCUT2D eigenvalue weighted by Gasteiger charge is -2.30. The zero-order valence-corrected chi connectivity index (χ0v) is 19.4. The van der Waals surface area contributed by atoms with Gasteiger partial charge in [0, 0.05) is 44.5 Å². The molecule has 3 aliphatic rings. The van der Waals surface area contributed by atoms with Crippen molar-refractivity contribution in [2.75, 3.05) is 46.9 Å². The molecule has 1 aromatic rings. The van der Waals surface area contributed by atoms with Crippen LogP contribution in [0.25, 0.3) is 0 Å². The first-order valence-corrected chi connectivity index (χ1v) is 11.1. The fourth-order valence-corrected chi connectivity index (χ4v) is 3.72. The topological polar surface area (TPSA) is 91.3 Å². The van der Waals surface area contributed by atoms with Crippen LogP contribution >= 0.6 is 0 Å². The highest BCUT2D eigenvalue weighted by atomic mass is 16.5. The summed E-state index contributed by atoms with van der Waals surface area (Å²) in [7, 11) is 3.81. The van der Waals surface area contributed by atoms with E-state index in [0.29, 0.717) is 24.0 Å². The third-order valence-corrected chi connectivity index (χ3v) is 5.55. The number of morpholine rings is 1. The second-order valence-electron chi connectivity index (χ2n) is 8.00. The third-order valence-electron chi connectivity index (χ3n) is 5.55. The van der Waals surface area contributed by atoms with Crippen LogP contribution in [0, 0.1) is 0 Å². The van der Waals surface area contributed by atoms with Crippen LogP contribution in [0.3, 0.4) is 0 Å². The Kier molecular flexibility index (Phi) is 7.09. The van der Waals surface area contributed by atoms with E-state index in [2.05, 4.69) is 15.0 Å². The molecule has 1 atom stereocenters. The molecule has 33 heavy (non-hydrogen) atoms. The molecule has 1 aromatic carbocycles. The minimum atomic E-state index is -0.512. The maximum atomic E-state index is 6.44. The van der Waals surface area contributed by atoms with Gasteiger partial charge in [-0.1, -0.05) is 30.4 Å². The van der Waals surface area contributed by atoms with Gasteiger partial charge in [-0.25, -0.2) is 9.98 Å². The van der Waals surface area contributed by atoms with E-state index in [9.17, 15) is 0 Å². The molecule has 0 radical (unpaired) electrons. The number of allylic oxidation sites excluding steroid dienone is 2. The maximum absolute atomic E-state index is 6.44. The summed E-state index contributed by atoms with van der Waals surface area (Å²) in [6.45, 7) is 5.69. The van der Waals surface area contributed by atoms with Crippen molar-refractivity contribution in [1.82, 2.24) is 14.8 Å². The summed E-state index contributed by atoms with van der Waals surface area (Å²) in [6, 6.07) is 9.81. The number of benzene rings is 1. The number of likely N-dealkylation sites (N-methyl/N-ethyl adjacent to an activating group) is 1. The van der Waals surface area contributed by atoms with E-state index in [1.165, 1.54) is 0 Å². The average Bonchev–Trinajstić information content (AvgIpc) is 3.23. The standard InChI is InChI=1S/C24H31N7O2/c1-4-8-19(15-26-17-31-11-13-32-14-12-31)20-16-29(2)22(25)21(27-20)24-30(3)28-23(33-24)18-9-6-5-7-10-18/h4-10,15,17,24H,11-14,16,25H2,1-3H3/b8-4-,19-15+,26-17?. The van der Waals surface area contributed by atoms with Crippen LogP contribution in [0.2, 0.25) is 0 Å². The van der Waals surface area contributed by atoms with Crippen molar-refractivity contribution in [2.45, 2.75) is 13.2 Å². The van der Waals surface area contributed by atoms with Crippen LogP contribution < -0.4 is 5.73 Å². The van der Waals surface area contributed by atoms with Gasteiger partial charge in [-0.15, -0.1) is 5.10 Å². The third kappa shape index (κ3) is 5.25. The molecule has 0 bridgehead atoms. The van der Waals surface area contributed by atoms with Gasteiger partial charge in [0.2, 0.25) is 12.1 Å². The molecule has 9 heteroatoms. The molecular weight excluding hydrogens is 418 g/mol. The van der Waals surface area contributed by atoms with E-state index in [0.717, 1.165) is 43.2 Å². The highest BCUT2D eigenvalue weighted by molar-refractivity contribution is 6.05. The summed E-state index contributed by atoms with van der Waals surface area (Å²) < 4.78 is 11.6. The predicted molar refractivity (Wildman–Crippen MR) is 131 cm³/mol. The van der Waals surface area contributed by atoms with Crippen LogP contribution in [-0.4, -0.2) is 85.9 Å². The predicted octanol–water partition coefficient (Wildman–Crippen LogP) is 1.97. The lowest BCUT2D eigenvalue weighted by molar-refractivity contribution is 0.0701. The Morgan fingerprint density at radius 1 is 1.18 bits per heavy atom. The molecule has 1 saturated heterocycles. The number of nitrogens with zero attached hydrogens (tertiary/aromatic N) is 6. The molecule has 0 amide bonds. The van der Waals surface area contributed by atoms with Crippen molar-refractivity contribution in [1.29, 1.82) is 0 Å². The van der Waals surface area contributed by atoms with Crippen molar-refractivity contribution in [2.24, 2.45) is 20.8 Å². The second-order valence-corrected chi connectivity index (χ2v) is 8.00. The van der Waals surface area contributed by atoms with Crippen LogP contribution in [0.4, 0.5) is 0 Å². The van der Waals surface area contributed by atoms with Crippen molar-refractivity contribution >= 4 is 17.9 Å². The van der Waals surface area contributed by atoms with E-state index < -0.39 is 6.23 Å². The van der Waals surface area contributed by atoms with E-state index >= 15 is 0 Å². The number of rotatable bonds is 6. The highest BCUT2D eigenvalue weighted by Gasteiger charge is 2.34. The summed E-state index contributed by atoms with van der Waals surface area (Å²) >= 11 is 0. The van der Waals surface area contributed by atoms with Crippen LogP contribution in [0.15, 0.2) is 80.9 Å². The van der Waals surface area contributed by atoms with Gasteiger partial charge in [-0.2, -0.15) is 0 Å². The Morgan fingerprint density at radius 2 is 1.94 bits per heavy atom. The molecular formula is C24H31N7O2. The summed E-state index contributed by atoms with van der Waals surface area (Å²) in [5.41, 5.74) is 9.76. The molecule has 0 spiro atoms. The van der Waals surface area contributed by atoms with Crippen molar-refractivity contribution in [3.05, 3.63) is 71.3 Å². The van der Waals surface area contributed by atoms with Crippen molar-refractivity contribution in [3.63, 3.8) is 0 Å². The van der Waals surface area contributed by atoms with Gasteiger partial charge in [0.25, 0.3) is 0 Å². The van der Waals surface area contributed by atoms with Crippen molar-refractivity contribution < 1.29 is 9.47 Å². The van der Waals surface area contributed by atoms with Gasteiger partial charge in [-0.05, 0) is 19.1 Å². The summed E-state index contributed by atoms with van der Waals surface area (Å²) in [6.07, 6.45) is 7.17. The summed E-state index contributed by atoms with van der Waals surface area (Å²) in [5.74, 6) is 1.12. The number of hydrogen-bond acceptors (Lipinski definition) is 8. The van der Waals surface area contributed by atoms with Crippen LogP contribution in [0.5, 0.6) is 0 Å². The van der Waals surface area contributed by atoms with Gasteiger partial charge < -0.3 is 25.0 Å². The molecule has 1 unspecified atom stereocenters. The molecule has 174 valence electrons. The first-order valence-electron chi connectivity index (χ1n) is 11.1. The van der Waals surface area contributed by atoms with Gasteiger partial charge in [0.1, 0.15) is 11.5 Å². The minimum Gasteiger partial charge on any atom is -0.444 e. The normalized spacial score (nSPS) is 22.3. The summed E-state index contributed by atoms with van der Waals surface area (Å²) in [5, 5.41) is 6.32. The molecule has 3 aliphatic heterocycles. The zero-order valence-electron chi connectivity index (χ0n) is 19.4. The first-order chi connectivity index (χ1) is 16.1. The molecule has 2 N–H and O–H groups in total. The molecule has 0 saturated carbocycles. The molecule has 0 aliphatic carbocycles. The van der Waals surface area contributed by atoms with Gasteiger partial charge >= 0.3 is 0 Å². The monoisotopic (exact) mass is 449 g/mol. The molecule has 4 rings (SSSR count). The Hall–Kier alpha value is -3.59. The fourth-order valence-electron chi connectivity index (χ4n) is 3.72. The van der Waals surface area contributed by atoms with E-state index in [4.69, 9.17) is 20.2 Å². The van der Waals surface area contributed by atoms with Crippen LogP contribution in [-0.2, 0) is 9.47 Å². The quantitative estimate of drug-likeness (QED) is 0.406. The Bertz CT molecular complexity index is 1020. The first kappa shape index (κ1) is 22.6. The Morgan fingerprint density at radius 3 is 2.67 bits per heavy atom. The number of nitrogens with two attached hydrogens (primary N) is 1. The number of hydrazone groups is 1. The van der Waals surface area contributed by atoms with Gasteiger partial charge in [0.05, 0.1) is 31.8 Å². The number of hydrogen-bond donors (Lipinski definition) is 1.